The van der Waals surface area contributed by atoms with E-state index in [-0.39, 0.29) is 11.7 Å². The zero-order chi connectivity index (χ0) is 14.5. The highest BCUT2D eigenvalue weighted by Gasteiger charge is 2.08. The van der Waals surface area contributed by atoms with Crippen molar-refractivity contribution in [3.8, 4) is 5.75 Å². The van der Waals surface area contributed by atoms with Gasteiger partial charge in [-0.05, 0) is 43.3 Å². The van der Waals surface area contributed by atoms with Crippen molar-refractivity contribution in [3.05, 3.63) is 58.3 Å². The van der Waals surface area contributed by atoms with Gasteiger partial charge in [0.1, 0.15) is 0 Å². The zero-order valence-electron chi connectivity index (χ0n) is 10.8. The average molecular weight is 338 g/mol. The van der Waals surface area contributed by atoms with Crippen LogP contribution in [0.5, 0.6) is 5.75 Å². The van der Waals surface area contributed by atoms with E-state index in [0.717, 1.165) is 4.47 Å². The molecule has 0 aliphatic heterocycles. The summed E-state index contributed by atoms with van der Waals surface area (Å²) in [6.07, 6.45) is 0. The van der Waals surface area contributed by atoms with Crippen LogP contribution in [0, 0.1) is 5.82 Å². The van der Waals surface area contributed by atoms with Gasteiger partial charge in [0.05, 0.1) is 6.61 Å². The molecule has 3 nitrogen and oxygen atoms in total. The summed E-state index contributed by atoms with van der Waals surface area (Å²) in [6.45, 7) is 2.17. The Labute approximate surface area is 124 Å². The number of halogens is 2. The van der Waals surface area contributed by atoms with E-state index in [2.05, 4.69) is 21.2 Å². The number of rotatable bonds is 4. The minimum atomic E-state index is -0.500. The Bertz CT molecular complexity index is 614. The van der Waals surface area contributed by atoms with Crippen molar-refractivity contribution < 1.29 is 13.9 Å². The number of hydrogen-bond donors (Lipinski definition) is 1. The Balaban J connectivity index is 2.11. The second-order valence-corrected chi connectivity index (χ2v) is 4.95. The van der Waals surface area contributed by atoms with Gasteiger partial charge in [0.2, 0.25) is 0 Å². The molecule has 1 N–H and O–H groups in total. The quantitative estimate of drug-likeness (QED) is 0.906. The number of carbonyl (C=O) groups is 1. The molecule has 2 aromatic rings. The Morgan fingerprint density at radius 2 is 1.95 bits per heavy atom. The van der Waals surface area contributed by atoms with Crippen LogP contribution in [0.1, 0.15) is 17.3 Å². The van der Waals surface area contributed by atoms with Gasteiger partial charge in [-0.15, -0.1) is 0 Å². The summed E-state index contributed by atoms with van der Waals surface area (Å²) in [5, 5.41) is 2.64. The maximum Gasteiger partial charge on any atom is 0.255 e. The van der Waals surface area contributed by atoms with Gasteiger partial charge >= 0.3 is 0 Å². The van der Waals surface area contributed by atoms with Crippen molar-refractivity contribution in [2.75, 3.05) is 11.9 Å². The van der Waals surface area contributed by atoms with Crippen LogP contribution < -0.4 is 10.1 Å². The lowest BCUT2D eigenvalue weighted by Crippen LogP contribution is -2.12. The fourth-order valence-corrected chi connectivity index (χ4v) is 1.92. The second-order valence-electron chi connectivity index (χ2n) is 4.04. The molecule has 0 atom stereocenters. The predicted molar refractivity (Wildman–Crippen MR) is 79.7 cm³/mol. The molecule has 0 aliphatic rings. The number of amides is 1. The Morgan fingerprint density at radius 3 is 2.55 bits per heavy atom. The lowest BCUT2D eigenvalue weighted by molar-refractivity contribution is 0.102. The van der Waals surface area contributed by atoms with Crippen LogP contribution in [0.25, 0.3) is 0 Å². The lowest BCUT2D eigenvalue weighted by Gasteiger charge is -2.08. The first-order chi connectivity index (χ1) is 9.60. The minimum absolute atomic E-state index is 0.175. The monoisotopic (exact) mass is 337 g/mol. The van der Waals surface area contributed by atoms with E-state index < -0.39 is 5.82 Å². The molecule has 0 unspecified atom stereocenters. The SMILES string of the molecule is CCOc1ccc(NC(=O)c2ccc(Br)cc2)cc1F. The first-order valence-corrected chi connectivity index (χ1v) is 6.88. The molecule has 0 aliphatic carbocycles. The second kappa shape index (κ2) is 6.52. The van der Waals surface area contributed by atoms with Crippen LogP contribution in [0.15, 0.2) is 46.9 Å². The third kappa shape index (κ3) is 3.57. The normalized spacial score (nSPS) is 10.2. The fourth-order valence-electron chi connectivity index (χ4n) is 1.66. The van der Waals surface area contributed by atoms with Gasteiger partial charge in [-0.1, -0.05) is 15.9 Å². The molecule has 2 rings (SSSR count). The molecule has 0 radical (unpaired) electrons. The minimum Gasteiger partial charge on any atom is -0.491 e. The number of ether oxygens (including phenoxy) is 1. The molecule has 2 aromatic carbocycles. The van der Waals surface area contributed by atoms with Crippen LogP contribution in [-0.4, -0.2) is 12.5 Å². The summed E-state index contributed by atoms with van der Waals surface area (Å²) >= 11 is 3.30. The maximum absolute atomic E-state index is 13.7. The van der Waals surface area contributed by atoms with Crippen molar-refractivity contribution in [2.24, 2.45) is 0 Å². The van der Waals surface area contributed by atoms with Gasteiger partial charge in [-0.25, -0.2) is 4.39 Å². The van der Waals surface area contributed by atoms with Crippen molar-refractivity contribution in [1.82, 2.24) is 0 Å². The van der Waals surface area contributed by atoms with E-state index >= 15 is 0 Å². The van der Waals surface area contributed by atoms with Gasteiger partial charge in [0.25, 0.3) is 5.91 Å². The highest BCUT2D eigenvalue weighted by atomic mass is 79.9. The van der Waals surface area contributed by atoms with Crippen LogP contribution in [0.2, 0.25) is 0 Å². The molecular formula is C15H13BrFNO2. The molecule has 5 heteroatoms. The largest absolute Gasteiger partial charge is 0.491 e. The third-order valence-corrected chi connectivity index (χ3v) is 3.12. The highest BCUT2D eigenvalue weighted by Crippen LogP contribution is 2.21. The van der Waals surface area contributed by atoms with E-state index in [9.17, 15) is 9.18 Å². The number of hydrogen-bond acceptors (Lipinski definition) is 2. The van der Waals surface area contributed by atoms with Crippen LogP contribution in [0.3, 0.4) is 0 Å². The van der Waals surface area contributed by atoms with Crippen molar-refractivity contribution >= 4 is 27.5 Å². The van der Waals surface area contributed by atoms with E-state index in [1.54, 1.807) is 37.3 Å². The molecule has 0 aromatic heterocycles. The van der Waals surface area contributed by atoms with E-state index in [1.165, 1.54) is 12.1 Å². The van der Waals surface area contributed by atoms with E-state index in [4.69, 9.17) is 4.74 Å². The van der Waals surface area contributed by atoms with Gasteiger partial charge in [0.15, 0.2) is 11.6 Å². The molecule has 0 fully saturated rings. The van der Waals surface area contributed by atoms with Crippen molar-refractivity contribution in [3.63, 3.8) is 0 Å². The highest BCUT2D eigenvalue weighted by molar-refractivity contribution is 9.10. The van der Waals surface area contributed by atoms with Crippen LogP contribution >= 0.6 is 15.9 Å². The standard InChI is InChI=1S/C15H13BrFNO2/c1-2-20-14-8-7-12(9-13(14)17)18-15(19)10-3-5-11(16)6-4-10/h3-9H,2H2,1H3,(H,18,19). The number of anilines is 1. The lowest BCUT2D eigenvalue weighted by atomic mass is 10.2. The molecule has 0 heterocycles. The summed E-state index contributed by atoms with van der Waals surface area (Å²) in [7, 11) is 0. The molecule has 1 amide bonds. The summed E-state index contributed by atoms with van der Waals surface area (Å²) in [6, 6.07) is 11.2. The first kappa shape index (κ1) is 14.5. The average Bonchev–Trinajstić information content (AvgIpc) is 2.42. The van der Waals surface area contributed by atoms with Gasteiger partial charge < -0.3 is 10.1 Å². The number of carbonyl (C=O) groups excluding carboxylic acids is 1. The summed E-state index contributed by atoms with van der Waals surface area (Å²) < 4.78 is 19.7. The fraction of sp³-hybridized carbons (Fsp3) is 0.133. The van der Waals surface area contributed by atoms with Crippen LogP contribution in [0.4, 0.5) is 10.1 Å². The molecule has 0 saturated heterocycles. The van der Waals surface area contributed by atoms with E-state index in [0.29, 0.717) is 17.9 Å². The molecule has 0 spiro atoms. The number of benzene rings is 2. The topological polar surface area (TPSA) is 38.3 Å². The Hall–Kier alpha value is -1.88. The molecular weight excluding hydrogens is 325 g/mol. The molecule has 0 bridgehead atoms. The Morgan fingerprint density at radius 1 is 1.25 bits per heavy atom. The van der Waals surface area contributed by atoms with Crippen molar-refractivity contribution in [2.45, 2.75) is 6.92 Å². The number of nitrogens with one attached hydrogen (secondary N) is 1. The maximum atomic E-state index is 13.7. The molecule has 20 heavy (non-hydrogen) atoms. The predicted octanol–water partition coefficient (Wildman–Crippen LogP) is 4.24. The van der Waals surface area contributed by atoms with Gasteiger partial charge in [-0.3, -0.25) is 4.79 Å². The van der Waals surface area contributed by atoms with Gasteiger partial charge in [-0.2, -0.15) is 0 Å². The smallest absolute Gasteiger partial charge is 0.255 e. The molecule has 104 valence electrons. The summed E-state index contributed by atoms with van der Waals surface area (Å²) in [5.74, 6) is -0.615. The van der Waals surface area contributed by atoms with E-state index in [1.807, 2.05) is 0 Å². The zero-order valence-corrected chi connectivity index (χ0v) is 12.4. The first-order valence-electron chi connectivity index (χ1n) is 6.09. The summed E-state index contributed by atoms with van der Waals surface area (Å²) in [4.78, 5) is 12.0. The van der Waals surface area contributed by atoms with Crippen molar-refractivity contribution in [1.29, 1.82) is 0 Å². The van der Waals surface area contributed by atoms with Crippen LogP contribution in [-0.2, 0) is 0 Å². The van der Waals surface area contributed by atoms with Gasteiger partial charge in [0, 0.05) is 21.8 Å². The Kier molecular flexibility index (Phi) is 4.74. The summed E-state index contributed by atoms with van der Waals surface area (Å²) in [5.41, 5.74) is 0.890. The third-order valence-electron chi connectivity index (χ3n) is 2.60. The molecule has 0 saturated carbocycles.